The van der Waals surface area contributed by atoms with Crippen LogP contribution in [0.15, 0.2) is 35.3 Å². The zero-order chi connectivity index (χ0) is 20.3. The molecule has 1 aliphatic carbocycles. The van der Waals surface area contributed by atoms with Gasteiger partial charge in [-0.2, -0.15) is 21.4 Å². The van der Waals surface area contributed by atoms with Gasteiger partial charge in [-0.3, -0.25) is 5.10 Å². The second-order valence-electron chi connectivity index (χ2n) is 7.53. The average Bonchev–Trinajstić information content (AvgIpc) is 3.44. The van der Waals surface area contributed by atoms with Crippen molar-refractivity contribution >= 4 is 34.3 Å². The molecule has 4 aromatic heterocycles. The minimum Gasteiger partial charge on any atom is -0.351 e. The van der Waals surface area contributed by atoms with Crippen LogP contribution in [0.1, 0.15) is 31.2 Å². The van der Waals surface area contributed by atoms with E-state index in [2.05, 4.69) is 57.6 Å². The van der Waals surface area contributed by atoms with E-state index < -0.39 is 0 Å². The molecule has 4 aromatic rings. The fourth-order valence-electron chi connectivity index (χ4n) is 3.67. The summed E-state index contributed by atoms with van der Waals surface area (Å²) in [5, 5.41) is 19.1. The fourth-order valence-corrected chi connectivity index (χ4v) is 4.34. The van der Waals surface area contributed by atoms with Crippen molar-refractivity contribution in [1.29, 1.82) is 0 Å². The summed E-state index contributed by atoms with van der Waals surface area (Å²) in [6.07, 6.45) is 7.66. The normalized spacial score (nSPS) is 19.1. The number of fused-ring (bicyclic) bond motifs is 1. The molecule has 1 saturated carbocycles. The average molecular weight is 422 g/mol. The first-order chi connectivity index (χ1) is 14.7. The maximum atomic E-state index is 5.99. The van der Waals surface area contributed by atoms with Crippen molar-refractivity contribution in [2.75, 3.05) is 10.6 Å². The van der Waals surface area contributed by atoms with Crippen LogP contribution in [-0.4, -0.2) is 42.2 Å². The molecular weight excluding hydrogens is 398 g/mol. The molecule has 4 heterocycles. The van der Waals surface area contributed by atoms with E-state index in [4.69, 9.17) is 5.73 Å². The van der Waals surface area contributed by atoms with Gasteiger partial charge >= 0.3 is 0 Å². The van der Waals surface area contributed by atoms with Gasteiger partial charge in [-0.1, -0.05) is 0 Å². The number of thiophene rings is 1. The van der Waals surface area contributed by atoms with Crippen molar-refractivity contribution < 1.29 is 0 Å². The van der Waals surface area contributed by atoms with E-state index in [1.807, 2.05) is 6.07 Å². The molecule has 0 amide bonds. The van der Waals surface area contributed by atoms with Gasteiger partial charge in [0.2, 0.25) is 11.9 Å². The van der Waals surface area contributed by atoms with E-state index >= 15 is 0 Å². The minimum atomic E-state index is 0.319. The molecule has 10 heteroatoms. The van der Waals surface area contributed by atoms with Crippen LogP contribution in [0.3, 0.4) is 0 Å². The molecule has 154 valence electrons. The molecular formula is C20H23N9S. The summed E-state index contributed by atoms with van der Waals surface area (Å²) in [7, 11) is 0. The van der Waals surface area contributed by atoms with Crippen LogP contribution in [0.2, 0.25) is 0 Å². The zero-order valence-electron chi connectivity index (χ0n) is 16.4. The lowest BCUT2D eigenvalue weighted by atomic mass is 9.92. The molecule has 0 unspecified atom stereocenters. The second kappa shape index (κ2) is 8.33. The molecule has 9 nitrogen and oxygen atoms in total. The monoisotopic (exact) mass is 421 g/mol. The van der Waals surface area contributed by atoms with Crippen LogP contribution in [0.5, 0.6) is 0 Å². The fraction of sp³-hybridized carbons (Fsp3) is 0.350. The summed E-state index contributed by atoms with van der Waals surface area (Å²) in [5.74, 6) is 1.17. The number of nitrogens with two attached hydrogens (primary N) is 1. The van der Waals surface area contributed by atoms with Crippen LogP contribution in [0.25, 0.3) is 22.4 Å². The highest BCUT2D eigenvalue weighted by molar-refractivity contribution is 7.07. The van der Waals surface area contributed by atoms with Crippen molar-refractivity contribution in [2.24, 2.45) is 5.73 Å². The summed E-state index contributed by atoms with van der Waals surface area (Å²) < 4.78 is 0. The first-order valence-corrected chi connectivity index (χ1v) is 11.0. The maximum Gasteiger partial charge on any atom is 0.224 e. The molecule has 1 aliphatic rings. The van der Waals surface area contributed by atoms with Gasteiger partial charge in [0.15, 0.2) is 5.65 Å². The number of hydrogen-bond donors (Lipinski definition) is 4. The molecule has 0 saturated heterocycles. The van der Waals surface area contributed by atoms with E-state index in [-0.39, 0.29) is 0 Å². The quantitative estimate of drug-likeness (QED) is 0.373. The van der Waals surface area contributed by atoms with Gasteiger partial charge in [-0.05, 0) is 54.1 Å². The summed E-state index contributed by atoms with van der Waals surface area (Å²) in [6.45, 7) is 0.679. The summed E-state index contributed by atoms with van der Waals surface area (Å²) in [4.78, 5) is 18.0. The molecule has 0 aromatic carbocycles. The first kappa shape index (κ1) is 18.9. The van der Waals surface area contributed by atoms with Gasteiger partial charge in [0.05, 0.1) is 11.1 Å². The number of nitrogens with zero attached hydrogens (tertiary/aromatic N) is 5. The predicted molar refractivity (Wildman–Crippen MR) is 118 cm³/mol. The number of aromatic nitrogens is 6. The molecule has 0 bridgehead atoms. The topological polar surface area (TPSA) is 130 Å². The van der Waals surface area contributed by atoms with Crippen molar-refractivity contribution in [3.8, 4) is 11.4 Å². The Labute approximate surface area is 177 Å². The van der Waals surface area contributed by atoms with Crippen LogP contribution in [0.4, 0.5) is 11.9 Å². The van der Waals surface area contributed by atoms with Crippen LogP contribution < -0.4 is 16.4 Å². The number of nitrogens with one attached hydrogen (secondary N) is 3. The Morgan fingerprint density at radius 2 is 2.00 bits per heavy atom. The van der Waals surface area contributed by atoms with Gasteiger partial charge < -0.3 is 16.4 Å². The third-order valence-corrected chi connectivity index (χ3v) is 6.08. The van der Waals surface area contributed by atoms with E-state index in [1.54, 1.807) is 23.7 Å². The molecule has 1 fully saturated rings. The third-order valence-electron chi connectivity index (χ3n) is 5.35. The number of H-pyrrole nitrogens is 1. The van der Waals surface area contributed by atoms with Crippen LogP contribution in [0, 0.1) is 0 Å². The van der Waals surface area contributed by atoms with Crippen molar-refractivity contribution in [1.82, 2.24) is 30.1 Å². The minimum absolute atomic E-state index is 0.319. The zero-order valence-corrected chi connectivity index (χ0v) is 17.2. The standard InChI is InChI=1S/C20H23N9S/c21-13-1-3-14(4-2-13)25-20-24-10-15-17(28-29-18(15)27-20)16-5-7-22-19(26-16)23-9-12-6-8-30-11-12/h5-8,10-11,13-14H,1-4,9,21H2,(H,22,23,26)(H2,24,25,27,28,29)/t13-,14-. The Balaban J connectivity index is 1.33. The second-order valence-corrected chi connectivity index (χ2v) is 8.31. The van der Waals surface area contributed by atoms with Gasteiger partial charge in [-0.15, -0.1) is 0 Å². The van der Waals surface area contributed by atoms with Crippen LogP contribution >= 0.6 is 11.3 Å². The predicted octanol–water partition coefficient (Wildman–Crippen LogP) is 3.17. The van der Waals surface area contributed by atoms with E-state index in [0.717, 1.165) is 36.8 Å². The smallest absolute Gasteiger partial charge is 0.224 e. The Morgan fingerprint density at radius 3 is 2.83 bits per heavy atom. The SMILES string of the molecule is N[C@H]1CC[C@H](Nc2ncc3c(-c4ccnc(NCc5ccsc5)n4)n[nH]c3n2)CC1. The van der Waals surface area contributed by atoms with Gasteiger partial charge in [0.1, 0.15) is 5.69 Å². The summed E-state index contributed by atoms with van der Waals surface area (Å²) in [6, 6.07) is 4.60. The lowest BCUT2D eigenvalue weighted by molar-refractivity contribution is 0.410. The Morgan fingerprint density at radius 1 is 1.10 bits per heavy atom. The molecule has 0 atom stereocenters. The highest BCUT2D eigenvalue weighted by atomic mass is 32.1. The molecule has 0 radical (unpaired) electrons. The number of rotatable bonds is 6. The van der Waals surface area contributed by atoms with Gasteiger partial charge in [-0.25, -0.2) is 15.0 Å². The Bertz CT molecular complexity index is 1120. The van der Waals surface area contributed by atoms with E-state index in [9.17, 15) is 0 Å². The van der Waals surface area contributed by atoms with Crippen molar-refractivity contribution in [2.45, 2.75) is 44.3 Å². The van der Waals surface area contributed by atoms with Gasteiger partial charge in [0, 0.05) is 31.0 Å². The van der Waals surface area contributed by atoms with Crippen LogP contribution in [-0.2, 0) is 6.54 Å². The van der Waals surface area contributed by atoms with E-state index in [1.165, 1.54) is 5.56 Å². The molecule has 0 aliphatic heterocycles. The highest BCUT2D eigenvalue weighted by Gasteiger charge is 2.20. The summed E-state index contributed by atoms with van der Waals surface area (Å²) >= 11 is 1.67. The lowest BCUT2D eigenvalue weighted by Crippen LogP contribution is -2.33. The maximum absolute atomic E-state index is 5.99. The molecule has 5 rings (SSSR count). The molecule has 5 N–H and O–H groups in total. The van der Waals surface area contributed by atoms with Gasteiger partial charge in [0.25, 0.3) is 0 Å². The molecule has 0 spiro atoms. The number of hydrogen-bond acceptors (Lipinski definition) is 9. The molecule has 30 heavy (non-hydrogen) atoms. The lowest BCUT2D eigenvalue weighted by Gasteiger charge is -2.26. The Kier molecular flexibility index (Phi) is 5.24. The van der Waals surface area contributed by atoms with E-state index in [0.29, 0.717) is 41.9 Å². The largest absolute Gasteiger partial charge is 0.351 e. The highest BCUT2D eigenvalue weighted by Crippen LogP contribution is 2.25. The number of aromatic amines is 1. The number of anilines is 2. The summed E-state index contributed by atoms with van der Waals surface area (Å²) in [5.41, 5.74) is 9.30. The van der Waals surface area contributed by atoms with Crippen molar-refractivity contribution in [3.05, 3.63) is 40.8 Å². The Hall–Kier alpha value is -3.11. The third kappa shape index (κ3) is 4.10. The first-order valence-electron chi connectivity index (χ1n) is 10.1. The van der Waals surface area contributed by atoms with Crippen molar-refractivity contribution in [3.63, 3.8) is 0 Å².